The summed E-state index contributed by atoms with van der Waals surface area (Å²) in [5, 5.41) is 53.2. The van der Waals surface area contributed by atoms with Crippen LogP contribution in [0.1, 0.15) is 51.4 Å². The average molecular weight is 1200 g/mol. The molecule has 0 unspecified atom stereocenters. The molecule has 78 heavy (non-hydrogen) atoms. The number of non-ortho nitro benzene ring substituents is 5. The summed E-state index contributed by atoms with van der Waals surface area (Å²) >= 11 is 20.9. The number of carbonyl (C=O) groups is 4. The third-order valence-corrected chi connectivity index (χ3v) is 13.0. The second kappa shape index (κ2) is 30.6. The van der Waals surface area contributed by atoms with Crippen molar-refractivity contribution < 1.29 is 43.8 Å². The van der Waals surface area contributed by atoms with Gasteiger partial charge in [-0.15, -0.1) is 0 Å². The maximum atomic E-state index is 12.0. The van der Waals surface area contributed by atoms with E-state index in [-0.39, 0.29) is 51.2 Å². The van der Waals surface area contributed by atoms with Gasteiger partial charge in [-0.3, -0.25) is 69.7 Å². The van der Waals surface area contributed by atoms with E-state index in [0.29, 0.717) is 74.6 Å². The Morgan fingerprint density at radius 3 is 1.41 bits per heavy atom. The minimum absolute atomic E-state index is 0.000141. The van der Waals surface area contributed by atoms with Gasteiger partial charge in [-0.25, -0.2) is 0 Å². The van der Waals surface area contributed by atoms with Crippen LogP contribution in [-0.2, 0) is 19.2 Å². The molecule has 2 N–H and O–H groups in total. The average Bonchev–Trinajstić information content (AvgIpc) is 3.43. The van der Waals surface area contributed by atoms with Crippen molar-refractivity contribution in [3.05, 3.63) is 183 Å². The number of nitrogens with zero attached hydrogens (tertiary/aromatic N) is 9. The number of nitro benzene ring substituents is 5. The zero-order valence-corrected chi connectivity index (χ0v) is 45.1. The third-order valence-electron chi connectivity index (χ3n) is 11.4. The summed E-state index contributed by atoms with van der Waals surface area (Å²) in [5.41, 5.74) is 8.57. The summed E-state index contributed by atoms with van der Waals surface area (Å²) in [6, 6.07) is 29.4. The highest BCUT2D eigenvalue weighted by atomic mass is 79.9. The number of anilines is 5. The Morgan fingerprint density at radius 1 is 0.577 bits per heavy atom. The predicted molar refractivity (Wildman–Crippen MR) is 299 cm³/mol. The van der Waals surface area contributed by atoms with E-state index in [0.717, 1.165) is 43.1 Å². The van der Waals surface area contributed by atoms with Crippen molar-refractivity contribution in [3.8, 4) is 0 Å². The lowest BCUT2D eigenvalue weighted by Gasteiger charge is -2.33. The van der Waals surface area contributed by atoms with Crippen LogP contribution in [0.4, 0.5) is 56.9 Å². The first-order valence-corrected chi connectivity index (χ1v) is 25.8. The van der Waals surface area contributed by atoms with Gasteiger partial charge in [-0.05, 0) is 106 Å². The largest absolute Gasteiger partial charge is 0.399 e. The van der Waals surface area contributed by atoms with E-state index < -0.39 is 28.9 Å². The summed E-state index contributed by atoms with van der Waals surface area (Å²) in [7, 11) is 0. The molecule has 5 aromatic rings. The molecule has 0 saturated carbocycles. The SMILES string of the molecule is Nc1ccc([N+](=O)[O-])cc1.O=C1C(Cl)=CCCN1c1ccc([N+](=O)[O-])cc1.O=C1CCCCN1c1ccc([N+](=O)[O-])cc1.O=C1N(c2ccc([N+](=O)[O-])cc2)CCCC1(Cl)Cl.O=CN(CCCCBr)c1ccc([N+](=O)[O-])cc1. The fourth-order valence-electron chi connectivity index (χ4n) is 7.32. The van der Waals surface area contributed by atoms with Crippen molar-refractivity contribution in [3.63, 3.8) is 0 Å². The fraction of sp³-hybridized carbons (Fsp3) is 0.280. The van der Waals surface area contributed by atoms with Crippen LogP contribution in [0.5, 0.6) is 0 Å². The molecule has 8 rings (SSSR count). The lowest BCUT2D eigenvalue weighted by Crippen LogP contribution is -2.47. The van der Waals surface area contributed by atoms with Gasteiger partial charge in [0.05, 0.1) is 24.6 Å². The smallest absolute Gasteiger partial charge is 0.269 e. The van der Waals surface area contributed by atoms with E-state index in [4.69, 9.17) is 40.5 Å². The molecule has 0 spiro atoms. The minimum atomic E-state index is -1.40. The van der Waals surface area contributed by atoms with E-state index in [1.54, 1.807) is 52.3 Å². The number of piperidine rings is 2. The number of carbonyl (C=O) groups excluding carboxylic acids is 4. The van der Waals surface area contributed by atoms with Crippen molar-refractivity contribution in [1.82, 2.24) is 0 Å². The lowest BCUT2D eigenvalue weighted by molar-refractivity contribution is -0.385. The van der Waals surface area contributed by atoms with E-state index in [1.165, 1.54) is 94.7 Å². The predicted octanol–water partition coefficient (Wildman–Crippen LogP) is 11.4. The van der Waals surface area contributed by atoms with Gasteiger partial charge in [-0.2, -0.15) is 0 Å². The number of nitrogen functional groups attached to an aromatic ring is 1. The summed E-state index contributed by atoms with van der Waals surface area (Å²) in [4.78, 5) is 102. The molecule has 0 bridgehead atoms. The van der Waals surface area contributed by atoms with Gasteiger partial charge in [0.15, 0.2) is 4.33 Å². The van der Waals surface area contributed by atoms with E-state index >= 15 is 0 Å². The number of unbranched alkanes of at least 4 members (excludes halogenated alkanes) is 1. The van der Waals surface area contributed by atoms with Crippen LogP contribution in [0.3, 0.4) is 0 Å². The molecule has 3 heterocycles. The maximum absolute atomic E-state index is 12.0. The molecule has 2 saturated heterocycles. The first kappa shape index (κ1) is 62.4. The molecule has 2 fully saturated rings. The summed E-state index contributed by atoms with van der Waals surface area (Å²) in [6.07, 6.45) is 8.57. The molecule has 28 heteroatoms. The lowest BCUT2D eigenvalue weighted by atomic mass is 10.1. The van der Waals surface area contributed by atoms with Gasteiger partial charge in [0.2, 0.25) is 12.3 Å². The van der Waals surface area contributed by atoms with Gasteiger partial charge in [-0.1, -0.05) is 56.8 Å². The van der Waals surface area contributed by atoms with Crippen molar-refractivity contribution in [1.29, 1.82) is 0 Å². The van der Waals surface area contributed by atoms with Crippen LogP contribution in [0, 0.1) is 50.6 Å². The van der Waals surface area contributed by atoms with Crippen LogP contribution >= 0.6 is 50.7 Å². The molecule has 24 nitrogen and oxygen atoms in total. The van der Waals surface area contributed by atoms with Gasteiger partial charge in [0.1, 0.15) is 5.03 Å². The van der Waals surface area contributed by atoms with Crippen LogP contribution in [0.25, 0.3) is 0 Å². The Bertz CT molecular complexity index is 2940. The molecule has 412 valence electrons. The molecular formula is C50H50BrCl3N10O14. The monoisotopic (exact) mass is 1200 g/mol. The van der Waals surface area contributed by atoms with E-state index in [1.807, 2.05) is 0 Å². The Balaban J connectivity index is 0.000000212. The number of benzene rings is 5. The van der Waals surface area contributed by atoms with Crippen molar-refractivity contribution >= 4 is 132 Å². The normalized spacial score (nSPS) is 14.4. The Morgan fingerprint density at radius 2 is 0.987 bits per heavy atom. The molecule has 0 aliphatic carbocycles. The molecule has 0 aromatic heterocycles. The Kier molecular flexibility index (Phi) is 24.5. The number of rotatable bonds is 14. The van der Waals surface area contributed by atoms with Gasteiger partial charge < -0.3 is 25.3 Å². The topological polar surface area (TPSA) is 323 Å². The quantitative estimate of drug-likeness (QED) is 0.0270. The molecule has 4 amide bonds. The number of amides is 4. The highest BCUT2D eigenvalue weighted by Crippen LogP contribution is 2.36. The van der Waals surface area contributed by atoms with Gasteiger partial charge in [0.25, 0.3) is 40.3 Å². The number of nitrogens with two attached hydrogens (primary N) is 1. The fourth-order valence-corrected chi connectivity index (χ4v) is 8.40. The Hall–Kier alpha value is -8.13. The zero-order chi connectivity index (χ0) is 57.5. The van der Waals surface area contributed by atoms with Gasteiger partial charge in [0, 0.05) is 127 Å². The van der Waals surface area contributed by atoms with Crippen LogP contribution in [-0.4, -0.2) is 84.6 Å². The summed E-state index contributed by atoms with van der Waals surface area (Å²) in [6.45, 7) is 2.37. The van der Waals surface area contributed by atoms with Gasteiger partial charge >= 0.3 is 0 Å². The number of alkyl halides is 3. The molecular weight excluding hydrogens is 1150 g/mol. The zero-order valence-electron chi connectivity index (χ0n) is 41.2. The minimum Gasteiger partial charge on any atom is -0.399 e. The molecule has 5 aromatic carbocycles. The van der Waals surface area contributed by atoms with E-state index in [9.17, 15) is 69.7 Å². The van der Waals surface area contributed by atoms with Crippen molar-refractivity contribution in [2.75, 3.05) is 56.8 Å². The Labute approximate surface area is 468 Å². The number of nitro groups is 5. The number of halogens is 4. The molecule has 0 radical (unpaired) electrons. The van der Waals surface area contributed by atoms with Crippen LogP contribution in [0.15, 0.2) is 132 Å². The second-order valence-corrected chi connectivity index (χ2v) is 19.4. The first-order chi connectivity index (χ1) is 37.1. The summed E-state index contributed by atoms with van der Waals surface area (Å²) in [5.74, 6) is -0.558. The second-order valence-electron chi connectivity index (χ2n) is 16.7. The molecule has 3 aliphatic heterocycles. The van der Waals surface area contributed by atoms with Crippen LogP contribution in [0.2, 0.25) is 0 Å². The maximum Gasteiger partial charge on any atom is 0.269 e. The highest BCUT2D eigenvalue weighted by Gasteiger charge is 2.41. The van der Waals surface area contributed by atoms with Crippen LogP contribution < -0.4 is 25.3 Å². The van der Waals surface area contributed by atoms with Crippen molar-refractivity contribution in [2.45, 2.75) is 55.7 Å². The summed E-state index contributed by atoms with van der Waals surface area (Å²) < 4.78 is -1.40. The van der Waals surface area contributed by atoms with E-state index in [2.05, 4.69) is 15.9 Å². The highest BCUT2D eigenvalue weighted by molar-refractivity contribution is 9.09. The third kappa shape index (κ3) is 18.9. The molecule has 3 aliphatic rings. The first-order valence-electron chi connectivity index (χ1n) is 23.5. The number of hydrogen-bond donors (Lipinski definition) is 1. The standard InChI is InChI=1S/C11H13BrN2O3.C11H10Cl2N2O3.C11H9ClN2O3.C11H12N2O3.C6H6N2O2/c12-7-1-2-8-13(9-15)10-3-5-11(6-4-10)14(16)17;12-11(13)6-1-7-14(10(11)16)8-2-4-9(5-3-8)15(17)18;12-10-2-1-7-13(11(10)15)8-3-5-9(6-4-8)14(16)17;14-11-3-1-2-8-12(11)9-4-6-10(7-5-9)13(15)16;7-5-1-3-6(4-2-5)8(9)10/h3-6,9H,1-2,7-8H2;2-5H,1,6-7H2;2-6H,1,7H2;4-7H,1-3,8H2;1-4H,7H2. The molecule has 0 atom stereocenters. The number of hydrogen-bond acceptors (Lipinski definition) is 15. The van der Waals surface area contributed by atoms with Crippen molar-refractivity contribution in [2.24, 2.45) is 0 Å².